The number of carbonyl (C=O) groups excluding carboxylic acids is 2. The van der Waals surface area contributed by atoms with Crippen molar-refractivity contribution in [3.05, 3.63) is 24.3 Å². The molecular formula is C17H23N3O4S. The first-order valence-electron chi connectivity index (χ1n) is 8.42. The highest BCUT2D eigenvalue weighted by Crippen LogP contribution is 2.30. The average molecular weight is 365 g/mol. The van der Waals surface area contributed by atoms with Crippen molar-refractivity contribution in [1.29, 1.82) is 0 Å². The predicted octanol–water partition coefficient (Wildman–Crippen LogP) is 1.28. The first kappa shape index (κ1) is 17.9. The fourth-order valence-corrected chi connectivity index (χ4v) is 4.45. The van der Waals surface area contributed by atoms with E-state index < -0.39 is 10.0 Å². The van der Waals surface area contributed by atoms with Gasteiger partial charge < -0.3 is 10.2 Å². The van der Waals surface area contributed by atoms with Crippen LogP contribution in [0.5, 0.6) is 0 Å². The highest BCUT2D eigenvalue weighted by atomic mass is 32.2. The van der Waals surface area contributed by atoms with E-state index >= 15 is 0 Å². The minimum atomic E-state index is -3.48. The third-order valence-electron chi connectivity index (χ3n) is 4.85. The van der Waals surface area contributed by atoms with Crippen LogP contribution in [0.1, 0.15) is 25.7 Å². The molecule has 136 valence electrons. The number of nitrogens with one attached hydrogen (secondary N) is 1. The maximum absolute atomic E-state index is 12.4. The van der Waals surface area contributed by atoms with E-state index in [1.165, 1.54) is 16.4 Å². The number of hydrogen-bond acceptors (Lipinski definition) is 4. The normalized spacial score (nSPS) is 21.0. The Bertz CT molecular complexity index is 772. The maximum atomic E-state index is 12.4. The maximum Gasteiger partial charge on any atom is 0.243 e. The lowest BCUT2D eigenvalue weighted by atomic mass is 10.0. The lowest BCUT2D eigenvalue weighted by Crippen LogP contribution is -2.28. The molecule has 1 atom stereocenters. The molecule has 1 saturated heterocycles. The number of nitrogens with zero attached hydrogens (tertiary/aromatic N) is 2. The summed E-state index contributed by atoms with van der Waals surface area (Å²) in [5.74, 6) is -0.504. The molecule has 1 aromatic carbocycles. The van der Waals surface area contributed by atoms with Gasteiger partial charge in [0.15, 0.2) is 0 Å². The highest BCUT2D eigenvalue weighted by Gasteiger charge is 2.35. The number of carbonyl (C=O) groups is 2. The molecule has 7 nitrogen and oxygen atoms in total. The van der Waals surface area contributed by atoms with Crippen molar-refractivity contribution in [1.82, 2.24) is 9.21 Å². The smallest absolute Gasteiger partial charge is 0.243 e. The Kier molecular flexibility index (Phi) is 4.83. The van der Waals surface area contributed by atoms with Crippen LogP contribution in [0.3, 0.4) is 0 Å². The van der Waals surface area contributed by atoms with Crippen molar-refractivity contribution in [2.45, 2.75) is 36.6 Å². The van der Waals surface area contributed by atoms with Gasteiger partial charge in [-0.3, -0.25) is 9.59 Å². The van der Waals surface area contributed by atoms with Gasteiger partial charge in [0.25, 0.3) is 0 Å². The summed E-state index contributed by atoms with van der Waals surface area (Å²) in [7, 11) is -0.153. The number of anilines is 1. The third kappa shape index (κ3) is 3.85. The molecule has 25 heavy (non-hydrogen) atoms. The molecule has 8 heteroatoms. The number of benzene rings is 1. The minimum Gasteiger partial charge on any atom is -0.345 e. The Morgan fingerprint density at radius 1 is 1.24 bits per heavy atom. The van der Waals surface area contributed by atoms with Gasteiger partial charge in [-0.2, -0.15) is 4.31 Å². The van der Waals surface area contributed by atoms with Gasteiger partial charge in [-0.15, -0.1) is 0 Å². The van der Waals surface area contributed by atoms with E-state index in [2.05, 4.69) is 5.32 Å². The fourth-order valence-electron chi connectivity index (χ4n) is 3.03. The number of likely N-dealkylation sites (tertiary alicyclic amines) is 1. The summed E-state index contributed by atoms with van der Waals surface area (Å²) in [6.07, 6.45) is 2.64. The van der Waals surface area contributed by atoms with Gasteiger partial charge in [0.2, 0.25) is 21.8 Å². The van der Waals surface area contributed by atoms with Crippen LogP contribution in [0.2, 0.25) is 0 Å². The zero-order chi connectivity index (χ0) is 18.2. The largest absolute Gasteiger partial charge is 0.345 e. The topological polar surface area (TPSA) is 86.8 Å². The summed E-state index contributed by atoms with van der Waals surface area (Å²) in [6.45, 7) is 0.678. The van der Waals surface area contributed by atoms with Gasteiger partial charge in [0.05, 0.1) is 4.90 Å². The van der Waals surface area contributed by atoms with Crippen LogP contribution in [-0.4, -0.2) is 56.1 Å². The van der Waals surface area contributed by atoms with Crippen molar-refractivity contribution in [3.8, 4) is 0 Å². The fraction of sp³-hybridized carbons (Fsp3) is 0.529. The molecule has 1 unspecified atom stereocenters. The summed E-state index contributed by atoms with van der Waals surface area (Å²) in [4.78, 5) is 25.8. The number of rotatable bonds is 6. The molecule has 0 aromatic heterocycles. The standard InChI is InChI=1S/C17H23N3O4S/c1-19-10-9-12(17(19)22)11-16(21)18-13-3-7-15(8-4-13)25(23,24)20(2)14-5-6-14/h3-4,7-8,12,14H,5-6,9-11H2,1-2H3,(H,18,21). The summed E-state index contributed by atoms with van der Waals surface area (Å²) in [6, 6.07) is 6.25. The Hall–Kier alpha value is -1.93. The molecule has 2 fully saturated rings. The molecule has 0 spiro atoms. The first-order valence-corrected chi connectivity index (χ1v) is 9.86. The summed E-state index contributed by atoms with van der Waals surface area (Å²) >= 11 is 0. The first-order chi connectivity index (χ1) is 11.8. The number of amides is 2. The van der Waals surface area contributed by atoms with Crippen molar-refractivity contribution in [2.24, 2.45) is 5.92 Å². The van der Waals surface area contributed by atoms with E-state index in [9.17, 15) is 18.0 Å². The Morgan fingerprint density at radius 2 is 1.88 bits per heavy atom. The third-order valence-corrected chi connectivity index (χ3v) is 6.77. The van der Waals surface area contributed by atoms with E-state index in [1.54, 1.807) is 31.1 Å². The summed E-state index contributed by atoms with van der Waals surface area (Å²) < 4.78 is 26.3. The van der Waals surface area contributed by atoms with E-state index in [-0.39, 0.29) is 35.1 Å². The van der Waals surface area contributed by atoms with Gasteiger partial charge in [0.1, 0.15) is 0 Å². The molecule has 1 N–H and O–H groups in total. The number of sulfonamides is 1. The van der Waals surface area contributed by atoms with Crippen LogP contribution in [0, 0.1) is 5.92 Å². The van der Waals surface area contributed by atoms with Gasteiger partial charge in [-0.1, -0.05) is 0 Å². The molecule has 1 aliphatic heterocycles. The van der Waals surface area contributed by atoms with Gasteiger partial charge in [-0.05, 0) is 43.5 Å². The zero-order valence-electron chi connectivity index (χ0n) is 14.4. The van der Waals surface area contributed by atoms with Gasteiger partial charge in [0, 0.05) is 44.7 Å². The van der Waals surface area contributed by atoms with Crippen LogP contribution in [-0.2, 0) is 19.6 Å². The second-order valence-corrected chi connectivity index (χ2v) is 8.77. The Balaban J connectivity index is 1.61. The van der Waals surface area contributed by atoms with Crippen molar-refractivity contribution in [2.75, 3.05) is 26.0 Å². The summed E-state index contributed by atoms with van der Waals surface area (Å²) in [5.41, 5.74) is 0.525. The summed E-state index contributed by atoms with van der Waals surface area (Å²) in [5, 5.41) is 2.73. The number of hydrogen-bond donors (Lipinski definition) is 1. The van der Waals surface area contributed by atoms with Crippen LogP contribution in [0.15, 0.2) is 29.2 Å². The Morgan fingerprint density at radius 3 is 2.40 bits per heavy atom. The van der Waals surface area contributed by atoms with Gasteiger partial charge >= 0.3 is 0 Å². The van der Waals surface area contributed by atoms with Crippen LogP contribution >= 0.6 is 0 Å². The lowest BCUT2D eigenvalue weighted by molar-refractivity contribution is -0.132. The van der Waals surface area contributed by atoms with Crippen LogP contribution in [0.4, 0.5) is 5.69 Å². The molecule has 1 saturated carbocycles. The average Bonchev–Trinajstić information content (AvgIpc) is 3.37. The van der Waals surface area contributed by atoms with E-state index in [1.807, 2.05) is 0 Å². The quantitative estimate of drug-likeness (QED) is 0.823. The molecule has 0 bridgehead atoms. The molecule has 2 aliphatic rings. The molecule has 1 heterocycles. The molecule has 3 rings (SSSR count). The molecular weight excluding hydrogens is 342 g/mol. The van der Waals surface area contributed by atoms with Crippen molar-refractivity contribution in [3.63, 3.8) is 0 Å². The minimum absolute atomic E-state index is 0.000274. The zero-order valence-corrected chi connectivity index (χ0v) is 15.3. The van der Waals surface area contributed by atoms with Crippen LogP contribution in [0.25, 0.3) is 0 Å². The van der Waals surface area contributed by atoms with Crippen molar-refractivity contribution < 1.29 is 18.0 Å². The SMILES string of the molecule is CN1CCC(CC(=O)Nc2ccc(S(=O)(=O)N(C)C3CC3)cc2)C1=O. The second kappa shape index (κ2) is 6.76. The van der Waals surface area contributed by atoms with Gasteiger partial charge in [-0.25, -0.2) is 8.42 Å². The monoisotopic (exact) mass is 365 g/mol. The van der Waals surface area contributed by atoms with E-state index in [4.69, 9.17) is 0 Å². The van der Waals surface area contributed by atoms with Crippen LogP contribution < -0.4 is 5.32 Å². The van der Waals surface area contributed by atoms with Crippen molar-refractivity contribution >= 4 is 27.5 Å². The second-order valence-electron chi connectivity index (χ2n) is 6.77. The highest BCUT2D eigenvalue weighted by molar-refractivity contribution is 7.89. The molecule has 0 radical (unpaired) electrons. The molecule has 1 aromatic rings. The molecule has 2 amide bonds. The Labute approximate surface area is 148 Å². The predicted molar refractivity (Wildman–Crippen MR) is 93.4 cm³/mol. The molecule has 1 aliphatic carbocycles. The van der Waals surface area contributed by atoms with E-state index in [0.717, 1.165) is 12.8 Å². The van der Waals surface area contributed by atoms with E-state index in [0.29, 0.717) is 18.7 Å². The lowest BCUT2D eigenvalue weighted by Gasteiger charge is -2.16.